The normalized spacial score (nSPS) is 22.6. The molecule has 5 N–H and O–H groups in total. The van der Waals surface area contributed by atoms with Gasteiger partial charge in [-0.05, 0) is 85.9 Å². The molecule has 3 aromatic heterocycles. The van der Waals surface area contributed by atoms with Crippen LogP contribution in [-0.4, -0.2) is 101 Å². The average molecular weight is 774 g/mol. The van der Waals surface area contributed by atoms with Crippen molar-refractivity contribution in [3.8, 4) is 17.0 Å². The van der Waals surface area contributed by atoms with Gasteiger partial charge in [0.1, 0.15) is 12.0 Å². The maximum Gasteiger partial charge on any atom is 0.329 e. The summed E-state index contributed by atoms with van der Waals surface area (Å²) in [4.78, 5) is 54.5. The van der Waals surface area contributed by atoms with Crippen LogP contribution in [0, 0.1) is 0 Å². The minimum atomic E-state index is -1.13. The number of aliphatic hydroxyl groups excluding tert-OH is 1. The minimum absolute atomic E-state index is 0.112. The first-order valence-corrected chi connectivity index (χ1v) is 19.8. The molecule has 4 saturated heterocycles. The summed E-state index contributed by atoms with van der Waals surface area (Å²) in [6, 6.07) is 14.7. The highest BCUT2D eigenvalue weighted by molar-refractivity contribution is 5.80. The van der Waals surface area contributed by atoms with Crippen molar-refractivity contribution in [1.29, 1.82) is 0 Å². The van der Waals surface area contributed by atoms with Crippen LogP contribution in [0.1, 0.15) is 68.0 Å². The van der Waals surface area contributed by atoms with E-state index in [1.54, 1.807) is 28.3 Å². The Labute approximate surface area is 328 Å². The molecule has 2 aromatic carbocycles. The van der Waals surface area contributed by atoms with E-state index < -0.39 is 12.3 Å². The number of fused-ring (bicyclic) bond motifs is 3. The van der Waals surface area contributed by atoms with Crippen molar-refractivity contribution in [3.63, 3.8) is 0 Å². The Balaban J connectivity index is 0.791. The molecule has 2 amide bonds. The molecule has 0 spiro atoms. The number of nitrogen functional groups attached to an aromatic ring is 1. The third-order valence-electron chi connectivity index (χ3n) is 12.5. The van der Waals surface area contributed by atoms with Gasteiger partial charge in [-0.3, -0.25) is 18.7 Å². The van der Waals surface area contributed by atoms with Crippen molar-refractivity contribution in [2.75, 3.05) is 41.7 Å². The SMILES string of the molecule is Cn1c(=O)n(C2CCC(=O)NC2O)c2ccc(CCC(=O)N3CCC(c4cnc(N5C6CCC5CN(c5cc(-c7ccccc7O)nnc5N)C6)nc4)CC3)cc21. The summed E-state index contributed by atoms with van der Waals surface area (Å²) >= 11 is 0. The Morgan fingerprint density at radius 3 is 2.39 bits per heavy atom. The number of rotatable bonds is 8. The quantitative estimate of drug-likeness (QED) is 0.180. The van der Waals surface area contributed by atoms with Crippen molar-refractivity contribution in [1.82, 2.24) is 39.5 Å². The fraction of sp³-hybridized carbons (Fsp3) is 0.439. The second kappa shape index (κ2) is 14.8. The molecule has 4 unspecified atom stereocenters. The van der Waals surface area contributed by atoms with Crippen LogP contribution in [0.3, 0.4) is 0 Å². The molecule has 296 valence electrons. The predicted octanol–water partition coefficient (Wildman–Crippen LogP) is 2.84. The molecule has 2 bridgehead atoms. The Kier molecular flexibility index (Phi) is 9.51. The number of hydrogen-bond acceptors (Lipinski definition) is 12. The van der Waals surface area contributed by atoms with E-state index in [2.05, 4.69) is 25.3 Å². The van der Waals surface area contributed by atoms with E-state index in [4.69, 9.17) is 15.7 Å². The molecule has 0 aliphatic carbocycles. The summed E-state index contributed by atoms with van der Waals surface area (Å²) in [5.74, 6) is 1.42. The number of aromatic hydroxyl groups is 1. The van der Waals surface area contributed by atoms with Gasteiger partial charge in [0.15, 0.2) is 5.82 Å². The van der Waals surface area contributed by atoms with Crippen LogP contribution in [0.15, 0.2) is 65.7 Å². The maximum atomic E-state index is 13.3. The fourth-order valence-corrected chi connectivity index (χ4v) is 9.37. The number of anilines is 3. The van der Waals surface area contributed by atoms with E-state index >= 15 is 0 Å². The number of nitrogens with two attached hydrogens (primary N) is 1. The first-order chi connectivity index (χ1) is 27.6. The lowest BCUT2D eigenvalue weighted by atomic mass is 9.91. The number of phenols is 1. The Hall–Kier alpha value is -6.03. The highest BCUT2D eigenvalue weighted by Gasteiger charge is 2.42. The number of para-hydroxylation sites is 1. The van der Waals surface area contributed by atoms with Crippen LogP contribution in [-0.2, 0) is 23.1 Å². The van der Waals surface area contributed by atoms with Crippen LogP contribution in [0.4, 0.5) is 17.5 Å². The largest absolute Gasteiger partial charge is 0.507 e. The number of nitrogens with zero attached hydrogens (tertiary/aromatic N) is 9. The Bertz CT molecular complexity index is 2380. The molecule has 0 radical (unpaired) electrons. The molecule has 9 rings (SSSR count). The van der Waals surface area contributed by atoms with Crippen molar-refractivity contribution in [2.45, 2.75) is 81.6 Å². The molecule has 16 nitrogen and oxygen atoms in total. The molecule has 4 atom stereocenters. The highest BCUT2D eigenvalue weighted by atomic mass is 16.3. The summed E-state index contributed by atoms with van der Waals surface area (Å²) in [7, 11) is 1.70. The number of benzene rings is 2. The summed E-state index contributed by atoms with van der Waals surface area (Å²) in [6.07, 6.45) is 8.08. The number of piperidine rings is 2. The number of carbonyl (C=O) groups is 2. The zero-order chi connectivity index (χ0) is 39.4. The molecule has 4 fully saturated rings. The van der Waals surface area contributed by atoms with Crippen molar-refractivity contribution < 1.29 is 19.8 Å². The maximum absolute atomic E-state index is 13.3. The topological polar surface area (TPSA) is 201 Å². The van der Waals surface area contributed by atoms with E-state index in [1.165, 1.54) is 0 Å². The first-order valence-electron chi connectivity index (χ1n) is 19.8. The van der Waals surface area contributed by atoms with Gasteiger partial charge in [0.05, 0.1) is 28.5 Å². The first kappa shape index (κ1) is 36.6. The summed E-state index contributed by atoms with van der Waals surface area (Å²) < 4.78 is 3.13. The number of hydrogen-bond donors (Lipinski definition) is 4. The van der Waals surface area contributed by atoms with Gasteiger partial charge in [-0.15, -0.1) is 10.2 Å². The lowest BCUT2D eigenvalue weighted by Crippen LogP contribution is -2.54. The Morgan fingerprint density at radius 1 is 0.930 bits per heavy atom. The number of carbonyl (C=O) groups excluding carboxylic acids is 2. The standard InChI is InChI=1S/C41H47N11O5/c1-48-33-18-24(6-10-31(33)52(41(48)57)32-11-12-36(54)45-39(32)56)7-13-37(55)49-16-14-25(15-17-49)26-20-43-40(44-21-26)51-27-8-9-28(51)23-50(22-27)34-19-30(46-47-38(34)42)29-4-2-3-5-35(29)53/h2-6,10,18-21,25,27-28,32,39,53,56H,7-9,11-17,22-23H2,1H3,(H2,42,47)(H,45,54). The lowest BCUT2D eigenvalue weighted by molar-refractivity contribution is -0.132. The fourth-order valence-electron chi connectivity index (χ4n) is 9.37. The molecule has 0 saturated carbocycles. The van der Waals surface area contributed by atoms with Gasteiger partial charge in [-0.2, -0.15) is 0 Å². The molecular weight excluding hydrogens is 727 g/mol. The summed E-state index contributed by atoms with van der Waals surface area (Å²) in [5, 5.41) is 31.9. The van der Waals surface area contributed by atoms with Crippen LogP contribution >= 0.6 is 0 Å². The smallest absolute Gasteiger partial charge is 0.329 e. The van der Waals surface area contributed by atoms with Gasteiger partial charge < -0.3 is 36.0 Å². The minimum Gasteiger partial charge on any atom is -0.507 e. The lowest BCUT2D eigenvalue weighted by Gasteiger charge is -2.42. The third-order valence-corrected chi connectivity index (χ3v) is 12.5. The van der Waals surface area contributed by atoms with E-state index in [9.17, 15) is 24.6 Å². The number of phenolic OH excluding ortho intramolecular Hbond substituents is 1. The van der Waals surface area contributed by atoms with Crippen LogP contribution in [0.2, 0.25) is 0 Å². The van der Waals surface area contributed by atoms with Crippen LogP contribution in [0.25, 0.3) is 22.3 Å². The number of aromatic nitrogens is 6. The van der Waals surface area contributed by atoms with Crippen LogP contribution < -0.4 is 26.5 Å². The Morgan fingerprint density at radius 2 is 1.67 bits per heavy atom. The predicted molar refractivity (Wildman–Crippen MR) is 214 cm³/mol. The monoisotopic (exact) mass is 773 g/mol. The number of nitrogens with one attached hydrogen (secondary N) is 1. The molecule has 4 aliphatic rings. The number of amides is 2. The van der Waals surface area contributed by atoms with Crippen molar-refractivity contribution in [3.05, 3.63) is 82.5 Å². The molecule has 5 aromatic rings. The average Bonchev–Trinajstić information content (AvgIpc) is 3.63. The number of likely N-dealkylation sites (tertiary alicyclic amines) is 1. The highest BCUT2D eigenvalue weighted by Crippen LogP contribution is 2.38. The van der Waals surface area contributed by atoms with Gasteiger partial charge in [0.2, 0.25) is 17.8 Å². The van der Waals surface area contributed by atoms with E-state index in [0.717, 1.165) is 67.1 Å². The van der Waals surface area contributed by atoms with E-state index in [0.29, 0.717) is 54.9 Å². The number of aryl methyl sites for hydroxylation is 2. The number of piperazine rings is 1. The number of aliphatic hydroxyl groups is 1. The summed E-state index contributed by atoms with van der Waals surface area (Å²) in [6.45, 7) is 2.85. The van der Waals surface area contributed by atoms with Crippen molar-refractivity contribution >= 4 is 40.3 Å². The van der Waals surface area contributed by atoms with Gasteiger partial charge >= 0.3 is 5.69 Å². The second-order valence-corrected chi connectivity index (χ2v) is 15.8. The van der Waals surface area contributed by atoms with Gasteiger partial charge in [-0.25, -0.2) is 14.8 Å². The van der Waals surface area contributed by atoms with E-state index in [1.807, 2.05) is 53.7 Å². The molecule has 16 heteroatoms. The molecule has 7 heterocycles. The summed E-state index contributed by atoms with van der Waals surface area (Å²) in [5.41, 5.74) is 11.6. The van der Waals surface area contributed by atoms with Gasteiger partial charge in [-0.1, -0.05) is 18.2 Å². The zero-order valence-corrected chi connectivity index (χ0v) is 31.9. The zero-order valence-electron chi connectivity index (χ0n) is 31.9. The molecule has 57 heavy (non-hydrogen) atoms. The van der Waals surface area contributed by atoms with E-state index in [-0.39, 0.29) is 47.7 Å². The third kappa shape index (κ3) is 6.81. The van der Waals surface area contributed by atoms with Crippen LogP contribution in [0.5, 0.6) is 5.75 Å². The second-order valence-electron chi connectivity index (χ2n) is 15.8. The van der Waals surface area contributed by atoms with Gasteiger partial charge in [0.25, 0.3) is 0 Å². The molecule has 4 aliphatic heterocycles. The number of imidazole rings is 1. The molecular formula is C41H47N11O5. The van der Waals surface area contributed by atoms with Gasteiger partial charge in [0, 0.05) is 76.1 Å². The van der Waals surface area contributed by atoms with Crippen molar-refractivity contribution in [2.24, 2.45) is 7.05 Å².